The van der Waals surface area contributed by atoms with Crippen LogP contribution in [0.3, 0.4) is 0 Å². The van der Waals surface area contributed by atoms with Crippen LogP contribution in [0.5, 0.6) is 5.75 Å². The Bertz CT molecular complexity index is 702. The number of rotatable bonds is 8. The van der Waals surface area contributed by atoms with Crippen LogP contribution in [-0.2, 0) is 0 Å². The van der Waals surface area contributed by atoms with Gasteiger partial charge in [0.25, 0.3) is 5.91 Å². The summed E-state index contributed by atoms with van der Waals surface area (Å²) in [4.78, 5) is 19.1. The van der Waals surface area contributed by atoms with Crippen LogP contribution >= 0.6 is 11.6 Å². The fourth-order valence-corrected chi connectivity index (χ4v) is 2.69. The third-order valence-electron chi connectivity index (χ3n) is 3.87. The SMILES string of the molecule is CCOc1cc(C(=O)NCCN(CC)CC)nc2cc(Cl)ccc12. The minimum absolute atomic E-state index is 0.204. The predicted molar refractivity (Wildman–Crippen MR) is 98.0 cm³/mol. The second-order valence-corrected chi connectivity index (χ2v) is 5.82. The Hall–Kier alpha value is -1.85. The van der Waals surface area contributed by atoms with Gasteiger partial charge in [0.05, 0.1) is 12.1 Å². The van der Waals surface area contributed by atoms with Crippen molar-refractivity contribution in [1.29, 1.82) is 0 Å². The van der Waals surface area contributed by atoms with Crippen molar-refractivity contribution in [1.82, 2.24) is 15.2 Å². The molecule has 0 atom stereocenters. The molecule has 0 saturated heterocycles. The minimum atomic E-state index is -0.204. The molecule has 2 aromatic rings. The Balaban J connectivity index is 2.19. The van der Waals surface area contributed by atoms with Crippen molar-refractivity contribution in [3.8, 4) is 5.75 Å². The number of amides is 1. The summed E-state index contributed by atoms with van der Waals surface area (Å²) < 4.78 is 5.66. The first-order chi connectivity index (χ1) is 11.6. The van der Waals surface area contributed by atoms with Crippen molar-refractivity contribution in [2.45, 2.75) is 20.8 Å². The highest BCUT2D eigenvalue weighted by atomic mass is 35.5. The summed E-state index contributed by atoms with van der Waals surface area (Å²) in [6, 6.07) is 7.08. The molecule has 0 aliphatic carbocycles. The first kappa shape index (κ1) is 18.5. The van der Waals surface area contributed by atoms with Gasteiger partial charge < -0.3 is 15.0 Å². The van der Waals surface area contributed by atoms with Gasteiger partial charge in [-0.25, -0.2) is 4.98 Å². The van der Waals surface area contributed by atoms with Crippen LogP contribution < -0.4 is 10.1 Å². The van der Waals surface area contributed by atoms with Gasteiger partial charge >= 0.3 is 0 Å². The Kier molecular flexibility index (Phi) is 6.82. The number of hydrogen-bond acceptors (Lipinski definition) is 4. The van der Waals surface area contributed by atoms with Crippen LogP contribution in [0.1, 0.15) is 31.3 Å². The van der Waals surface area contributed by atoms with Gasteiger partial charge in [0, 0.05) is 29.6 Å². The van der Waals surface area contributed by atoms with Crippen LogP contribution in [0, 0.1) is 0 Å². The first-order valence-corrected chi connectivity index (χ1v) is 8.70. The number of nitrogens with one attached hydrogen (secondary N) is 1. The van der Waals surface area contributed by atoms with Crippen molar-refractivity contribution in [3.05, 3.63) is 35.0 Å². The summed E-state index contributed by atoms with van der Waals surface area (Å²) in [5.74, 6) is 0.443. The molecule has 24 heavy (non-hydrogen) atoms. The Morgan fingerprint density at radius 3 is 2.67 bits per heavy atom. The summed E-state index contributed by atoms with van der Waals surface area (Å²) in [7, 11) is 0. The van der Waals surface area contributed by atoms with Crippen LogP contribution in [0.15, 0.2) is 24.3 Å². The van der Waals surface area contributed by atoms with E-state index < -0.39 is 0 Å². The lowest BCUT2D eigenvalue weighted by Gasteiger charge is -2.18. The lowest BCUT2D eigenvalue weighted by molar-refractivity contribution is 0.0944. The molecule has 1 heterocycles. The number of halogens is 1. The van der Waals surface area contributed by atoms with E-state index in [0.29, 0.717) is 35.1 Å². The van der Waals surface area contributed by atoms with Gasteiger partial charge in [0.2, 0.25) is 0 Å². The summed E-state index contributed by atoms with van der Waals surface area (Å²) in [5, 5.41) is 4.34. The zero-order valence-corrected chi connectivity index (χ0v) is 15.2. The van der Waals surface area contributed by atoms with E-state index in [1.54, 1.807) is 18.2 Å². The fourth-order valence-electron chi connectivity index (χ4n) is 2.52. The lowest BCUT2D eigenvalue weighted by Crippen LogP contribution is -2.35. The number of carbonyl (C=O) groups is 1. The monoisotopic (exact) mass is 349 g/mol. The lowest BCUT2D eigenvalue weighted by atomic mass is 10.1. The Labute approximate surface area is 148 Å². The predicted octanol–water partition coefficient (Wildman–Crippen LogP) is 3.36. The molecule has 0 bridgehead atoms. The summed E-state index contributed by atoms with van der Waals surface area (Å²) >= 11 is 6.04. The van der Waals surface area contributed by atoms with Gasteiger partial charge in [-0.3, -0.25) is 4.79 Å². The second-order valence-electron chi connectivity index (χ2n) is 5.38. The summed E-state index contributed by atoms with van der Waals surface area (Å²) in [6.45, 7) is 9.97. The third-order valence-corrected chi connectivity index (χ3v) is 4.11. The van der Waals surface area contributed by atoms with E-state index in [2.05, 4.69) is 29.0 Å². The standard InChI is InChI=1S/C18H24ClN3O2/c1-4-22(5-2)10-9-20-18(23)16-12-17(24-6-3)14-8-7-13(19)11-15(14)21-16/h7-8,11-12H,4-6,9-10H2,1-3H3,(H,20,23). The van der Waals surface area contributed by atoms with Gasteiger partial charge in [-0.2, -0.15) is 0 Å². The zero-order chi connectivity index (χ0) is 17.5. The maximum atomic E-state index is 12.4. The number of fused-ring (bicyclic) bond motifs is 1. The van der Waals surface area contributed by atoms with E-state index in [9.17, 15) is 4.79 Å². The number of aromatic nitrogens is 1. The van der Waals surface area contributed by atoms with Crippen LogP contribution in [0.2, 0.25) is 5.02 Å². The molecular formula is C18H24ClN3O2. The molecule has 0 spiro atoms. The van der Waals surface area contributed by atoms with Crippen LogP contribution in [0.4, 0.5) is 0 Å². The molecule has 1 amide bonds. The molecule has 5 nitrogen and oxygen atoms in total. The van der Waals surface area contributed by atoms with Crippen LogP contribution in [-0.4, -0.2) is 48.6 Å². The molecule has 0 fully saturated rings. The molecule has 6 heteroatoms. The molecule has 2 rings (SSSR count). The molecule has 130 valence electrons. The molecular weight excluding hydrogens is 326 g/mol. The van der Waals surface area contributed by atoms with Gasteiger partial charge in [-0.1, -0.05) is 25.4 Å². The van der Waals surface area contributed by atoms with E-state index in [4.69, 9.17) is 16.3 Å². The number of ether oxygens (including phenoxy) is 1. The van der Waals surface area contributed by atoms with E-state index in [0.717, 1.165) is 25.0 Å². The van der Waals surface area contributed by atoms with Crippen molar-refractivity contribution >= 4 is 28.4 Å². The smallest absolute Gasteiger partial charge is 0.270 e. The number of carbonyl (C=O) groups excluding carboxylic acids is 1. The van der Waals surface area contributed by atoms with Crippen molar-refractivity contribution in [2.75, 3.05) is 32.8 Å². The Morgan fingerprint density at radius 2 is 2.00 bits per heavy atom. The molecule has 0 unspecified atom stereocenters. The first-order valence-electron chi connectivity index (χ1n) is 8.32. The molecule has 1 N–H and O–H groups in total. The van der Waals surface area contributed by atoms with Crippen molar-refractivity contribution < 1.29 is 9.53 Å². The highest BCUT2D eigenvalue weighted by Crippen LogP contribution is 2.27. The third kappa shape index (κ3) is 4.58. The number of nitrogens with zero attached hydrogens (tertiary/aromatic N) is 2. The zero-order valence-electron chi connectivity index (χ0n) is 14.4. The largest absolute Gasteiger partial charge is 0.493 e. The molecule has 0 aliphatic rings. The molecule has 1 aromatic carbocycles. The molecule has 0 aliphatic heterocycles. The summed E-state index contributed by atoms with van der Waals surface area (Å²) in [6.07, 6.45) is 0. The van der Waals surface area contributed by atoms with Crippen molar-refractivity contribution in [3.63, 3.8) is 0 Å². The minimum Gasteiger partial charge on any atom is -0.493 e. The van der Waals surface area contributed by atoms with E-state index in [-0.39, 0.29) is 5.91 Å². The average Bonchev–Trinajstić information content (AvgIpc) is 2.58. The van der Waals surface area contributed by atoms with E-state index in [1.165, 1.54) is 0 Å². The number of likely N-dealkylation sites (N-methyl/N-ethyl adjacent to an activating group) is 1. The number of benzene rings is 1. The topological polar surface area (TPSA) is 54.5 Å². The number of hydrogen-bond donors (Lipinski definition) is 1. The van der Waals surface area contributed by atoms with Gasteiger partial charge in [0.15, 0.2) is 0 Å². The van der Waals surface area contributed by atoms with Crippen molar-refractivity contribution in [2.24, 2.45) is 0 Å². The maximum absolute atomic E-state index is 12.4. The van der Waals surface area contributed by atoms with Gasteiger partial charge in [0.1, 0.15) is 11.4 Å². The summed E-state index contributed by atoms with van der Waals surface area (Å²) in [5.41, 5.74) is 0.995. The normalized spacial score (nSPS) is 11.0. The highest BCUT2D eigenvalue weighted by molar-refractivity contribution is 6.31. The quantitative estimate of drug-likeness (QED) is 0.794. The van der Waals surface area contributed by atoms with E-state index in [1.807, 2.05) is 13.0 Å². The second kappa shape index (κ2) is 8.85. The molecule has 0 saturated carbocycles. The Morgan fingerprint density at radius 1 is 1.25 bits per heavy atom. The average molecular weight is 350 g/mol. The highest BCUT2D eigenvalue weighted by Gasteiger charge is 2.13. The molecule has 0 radical (unpaired) electrons. The maximum Gasteiger partial charge on any atom is 0.270 e. The van der Waals surface area contributed by atoms with Crippen LogP contribution in [0.25, 0.3) is 10.9 Å². The van der Waals surface area contributed by atoms with E-state index >= 15 is 0 Å². The fraction of sp³-hybridized carbons (Fsp3) is 0.444. The molecule has 1 aromatic heterocycles. The number of pyridine rings is 1. The van der Waals surface area contributed by atoms with Gasteiger partial charge in [-0.15, -0.1) is 0 Å². The van der Waals surface area contributed by atoms with Gasteiger partial charge in [-0.05, 0) is 38.2 Å².